The van der Waals surface area contributed by atoms with Crippen molar-refractivity contribution in [2.24, 2.45) is 0 Å². The van der Waals surface area contributed by atoms with Crippen LogP contribution in [-0.2, 0) is 6.54 Å². The van der Waals surface area contributed by atoms with Crippen LogP contribution in [0.25, 0.3) is 0 Å². The van der Waals surface area contributed by atoms with Gasteiger partial charge in [-0.2, -0.15) is 0 Å². The molecular formula is C14H17N3O2. The number of methoxy groups -OCH3 is 2. The Morgan fingerprint density at radius 1 is 1.05 bits per heavy atom. The fraction of sp³-hybridized carbons (Fsp3) is 0.286. The van der Waals surface area contributed by atoms with Crippen LogP contribution in [-0.4, -0.2) is 31.2 Å². The summed E-state index contributed by atoms with van der Waals surface area (Å²) in [6, 6.07) is 7.65. The molecule has 1 aromatic heterocycles. The van der Waals surface area contributed by atoms with Crippen molar-refractivity contribution in [3.8, 4) is 11.5 Å². The topological polar surface area (TPSA) is 47.5 Å². The Balaban J connectivity index is 2.15. The minimum absolute atomic E-state index is 0.692. The molecule has 19 heavy (non-hydrogen) atoms. The molecule has 0 saturated heterocycles. The normalized spacial score (nSPS) is 10.1. The van der Waals surface area contributed by atoms with E-state index < -0.39 is 0 Å². The summed E-state index contributed by atoms with van der Waals surface area (Å²) >= 11 is 0. The van der Waals surface area contributed by atoms with Crippen molar-refractivity contribution >= 4 is 5.95 Å². The van der Waals surface area contributed by atoms with Crippen molar-refractivity contribution in [1.29, 1.82) is 0 Å². The predicted octanol–water partition coefficient (Wildman–Crippen LogP) is 2.13. The molecule has 0 fully saturated rings. The summed E-state index contributed by atoms with van der Waals surface area (Å²) in [6.45, 7) is 0.699. The number of rotatable bonds is 5. The Bertz CT molecular complexity index is 531. The molecule has 0 unspecified atom stereocenters. The molecule has 0 radical (unpaired) electrons. The summed E-state index contributed by atoms with van der Waals surface area (Å²) in [5.74, 6) is 2.14. The molecule has 1 heterocycles. The van der Waals surface area contributed by atoms with Gasteiger partial charge < -0.3 is 14.4 Å². The number of hydrogen-bond donors (Lipinski definition) is 0. The third-order valence-electron chi connectivity index (χ3n) is 2.76. The Hall–Kier alpha value is -2.30. The Morgan fingerprint density at radius 2 is 1.74 bits per heavy atom. The highest BCUT2D eigenvalue weighted by atomic mass is 16.5. The Kier molecular flexibility index (Phi) is 4.18. The third kappa shape index (κ3) is 3.13. The molecular weight excluding hydrogens is 242 g/mol. The fourth-order valence-electron chi connectivity index (χ4n) is 1.81. The van der Waals surface area contributed by atoms with Crippen LogP contribution in [0.4, 0.5) is 5.95 Å². The van der Waals surface area contributed by atoms with Gasteiger partial charge in [0.15, 0.2) is 11.5 Å². The molecule has 0 aliphatic rings. The van der Waals surface area contributed by atoms with Crippen molar-refractivity contribution in [1.82, 2.24) is 9.97 Å². The fourth-order valence-corrected chi connectivity index (χ4v) is 1.81. The van der Waals surface area contributed by atoms with E-state index in [1.165, 1.54) is 0 Å². The van der Waals surface area contributed by atoms with E-state index in [2.05, 4.69) is 9.97 Å². The van der Waals surface area contributed by atoms with Gasteiger partial charge in [0.2, 0.25) is 5.95 Å². The summed E-state index contributed by atoms with van der Waals surface area (Å²) in [6.07, 6.45) is 3.46. The molecule has 0 bridgehead atoms. The molecule has 1 aromatic carbocycles. The van der Waals surface area contributed by atoms with Crippen LogP contribution in [0.3, 0.4) is 0 Å². The van der Waals surface area contributed by atoms with Crippen LogP contribution < -0.4 is 14.4 Å². The molecule has 2 aromatic rings. The smallest absolute Gasteiger partial charge is 0.225 e. The number of hydrogen-bond acceptors (Lipinski definition) is 5. The molecule has 0 saturated carbocycles. The van der Waals surface area contributed by atoms with Gasteiger partial charge in [-0.1, -0.05) is 6.07 Å². The molecule has 0 amide bonds. The van der Waals surface area contributed by atoms with Gasteiger partial charge in [0, 0.05) is 26.0 Å². The van der Waals surface area contributed by atoms with Crippen LogP contribution in [0.2, 0.25) is 0 Å². The van der Waals surface area contributed by atoms with E-state index in [0.29, 0.717) is 12.5 Å². The maximum atomic E-state index is 5.29. The minimum Gasteiger partial charge on any atom is -0.493 e. The van der Waals surface area contributed by atoms with Gasteiger partial charge in [-0.25, -0.2) is 9.97 Å². The van der Waals surface area contributed by atoms with Crippen molar-refractivity contribution in [3.05, 3.63) is 42.2 Å². The first-order valence-corrected chi connectivity index (χ1v) is 5.93. The highest BCUT2D eigenvalue weighted by Gasteiger charge is 2.08. The SMILES string of the molecule is COc1ccc(CN(C)c2ncccn2)cc1OC. The van der Waals surface area contributed by atoms with E-state index in [-0.39, 0.29) is 0 Å². The maximum Gasteiger partial charge on any atom is 0.225 e. The lowest BCUT2D eigenvalue weighted by molar-refractivity contribution is 0.354. The van der Waals surface area contributed by atoms with E-state index in [0.717, 1.165) is 17.1 Å². The number of benzene rings is 1. The lowest BCUT2D eigenvalue weighted by Crippen LogP contribution is -2.18. The molecule has 5 nitrogen and oxygen atoms in total. The van der Waals surface area contributed by atoms with E-state index >= 15 is 0 Å². The van der Waals surface area contributed by atoms with Crippen molar-refractivity contribution < 1.29 is 9.47 Å². The highest BCUT2D eigenvalue weighted by molar-refractivity contribution is 5.44. The highest BCUT2D eigenvalue weighted by Crippen LogP contribution is 2.28. The quantitative estimate of drug-likeness (QED) is 0.823. The van der Waals surface area contributed by atoms with Crippen LogP contribution in [0.1, 0.15) is 5.56 Å². The van der Waals surface area contributed by atoms with Crippen LogP contribution in [0, 0.1) is 0 Å². The van der Waals surface area contributed by atoms with Gasteiger partial charge in [0.25, 0.3) is 0 Å². The van der Waals surface area contributed by atoms with Gasteiger partial charge in [-0.05, 0) is 23.8 Å². The van der Waals surface area contributed by atoms with Crippen molar-refractivity contribution in [2.45, 2.75) is 6.54 Å². The first kappa shape index (κ1) is 13.1. The lowest BCUT2D eigenvalue weighted by atomic mass is 10.2. The first-order chi connectivity index (χ1) is 9.24. The summed E-state index contributed by atoms with van der Waals surface area (Å²) < 4.78 is 10.5. The molecule has 5 heteroatoms. The van der Waals surface area contributed by atoms with Crippen LogP contribution in [0.5, 0.6) is 11.5 Å². The monoisotopic (exact) mass is 259 g/mol. The first-order valence-electron chi connectivity index (χ1n) is 5.93. The maximum absolute atomic E-state index is 5.29. The zero-order chi connectivity index (χ0) is 13.7. The van der Waals surface area contributed by atoms with Crippen molar-refractivity contribution in [2.75, 3.05) is 26.2 Å². The second-order valence-electron chi connectivity index (χ2n) is 4.09. The molecule has 100 valence electrons. The minimum atomic E-state index is 0.692. The van der Waals surface area contributed by atoms with Gasteiger partial charge in [0.05, 0.1) is 14.2 Å². The second kappa shape index (κ2) is 6.04. The number of nitrogens with zero attached hydrogens (tertiary/aromatic N) is 3. The molecule has 0 aliphatic carbocycles. The van der Waals surface area contributed by atoms with Gasteiger partial charge in [-0.3, -0.25) is 0 Å². The number of aromatic nitrogens is 2. The molecule has 0 atom stereocenters. The zero-order valence-electron chi connectivity index (χ0n) is 11.3. The average molecular weight is 259 g/mol. The molecule has 2 rings (SSSR count). The largest absolute Gasteiger partial charge is 0.493 e. The van der Waals surface area contributed by atoms with E-state index in [4.69, 9.17) is 9.47 Å². The summed E-state index contributed by atoms with van der Waals surface area (Å²) in [5.41, 5.74) is 1.10. The standard InChI is InChI=1S/C14H17N3O2/c1-17(14-15-7-4-8-16-14)10-11-5-6-12(18-2)13(9-11)19-3/h4-9H,10H2,1-3H3. The zero-order valence-corrected chi connectivity index (χ0v) is 11.3. The second-order valence-corrected chi connectivity index (χ2v) is 4.09. The average Bonchev–Trinajstić information content (AvgIpc) is 2.48. The van der Waals surface area contributed by atoms with Crippen LogP contribution in [0.15, 0.2) is 36.7 Å². The van der Waals surface area contributed by atoms with Gasteiger partial charge in [-0.15, -0.1) is 0 Å². The molecule has 0 N–H and O–H groups in total. The van der Waals surface area contributed by atoms with E-state index in [9.17, 15) is 0 Å². The van der Waals surface area contributed by atoms with E-state index in [1.807, 2.05) is 30.1 Å². The predicted molar refractivity (Wildman–Crippen MR) is 73.7 cm³/mol. The Labute approximate surface area is 112 Å². The van der Waals surface area contributed by atoms with Crippen LogP contribution >= 0.6 is 0 Å². The van der Waals surface area contributed by atoms with E-state index in [1.54, 1.807) is 32.7 Å². The molecule has 0 aliphatic heterocycles. The Morgan fingerprint density at radius 3 is 2.37 bits per heavy atom. The van der Waals surface area contributed by atoms with Crippen molar-refractivity contribution in [3.63, 3.8) is 0 Å². The number of anilines is 1. The summed E-state index contributed by atoms with van der Waals surface area (Å²) in [7, 11) is 5.21. The summed E-state index contributed by atoms with van der Waals surface area (Å²) in [4.78, 5) is 10.4. The molecule has 0 spiro atoms. The van der Waals surface area contributed by atoms with Gasteiger partial charge in [0.1, 0.15) is 0 Å². The van der Waals surface area contributed by atoms with Gasteiger partial charge >= 0.3 is 0 Å². The lowest BCUT2D eigenvalue weighted by Gasteiger charge is -2.17. The number of ether oxygens (including phenoxy) is 2. The third-order valence-corrected chi connectivity index (χ3v) is 2.76. The summed E-state index contributed by atoms with van der Waals surface area (Å²) in [5, 5.41) is 0.